The highest BCUT2D eigenvalue weighted by Crippen LogP contribution is 2.26. The van der Waals surface area contributed by atoms with Crippen molar-refractivity contribution in [1.82, 2.24) is 19.9 Å². The normalized spacial score (nSPS) is 19.5. The van der Waals surface area contributed by atoms with Gasteiger partial charge in [0.05, 0.1) is 5.69 Å². The molecular weight excluding hydrogens is 324 g/mol. The van der Waals surface area contributed by atoms with Gasteiger partial charge >= 0.3 is 0 Å². The lowest BCUT2D eigenvalue weighted by Gasteiger charge is -2.32. The minimum absolute atomic E-state index is 0.783. The van der Waals surface area contributed by atoms with Crippen LogP contribution in [-0.4, -0.2) is 52.7 Å². The molecule has 0 atom stereocenters. The van der Waals surface area contributed by atoms with Gasteiger partial charge in [0.1, 0.15) is 5.69 Å². The number of aryl methyl sites for hydroxylation is 2. The van der Waals surface area contributed by atoms with E-state index in [9.17, 15) is 0 Å². The molecule has 5 heteroatoms. The molecule has 2 aliphatic rings. The Labute approximate surface area is 155 Å². The van der Waals surface area contributed by atoms with Gasteiger partial charge in [-0.05, 0) is 62.3 Å². The van der Waals surface area contributed by atoms with Crippen LogP contribution < -0.4 is 0 Å². The van der Waals surface area contributed by atoms with Gasteiger partial charge in [0, 0.05) is 44.7 Å². The number of ether oxygens (including phenoxy) is 1. The van der Waals surface area contributed by atoms with E-state index in [1.807, 2.05) is 20.0 Å². The van der Waals surface area contributed by atoms with Gasteiger partial charge in [-0.1, -0.05) is 6.08 Å². The van der Waals surface area contributed by atoms with Crippen LogP contribution in [0.1, 0.15) is 36.2 Å². The van der Waals surface area contributed by atoms with Crippen LogP contribution in [0.3, 0.4) is 0 Å². The van der Waals surface area contributed by atoms with E-state index in [2.05, 4.69) is 38.1 Å². The molecule has 138 valence electrons. The summed E-state index contributed by atoms with van der Waals surface area (Å²) in [5, 5.41) is 0. The Bertz CT molecular complexity index is 770. The number of imidazole rings is 1. The third kappa shape index (κ3) is 3.89. The van der Waals surface area contributed by atoms with E-state index in [4.69, 9.17) is 4.74 Å². The number of rotatable bonds is 4. The lowest BCUT2D eigenvalue weighted by Crippen LogP contribution is -2.36. The molecule has 1 saturated heterocycles. The van der Waals surface area contributed by atoms with Crippen LogP contribution in [0.25, 0.3) is 17.1 Å². The van der Waals surface area contributed by atoms with Gasteiger partial charge < -0.3 is 9.72 Å². The maximum Gasteiger partial charge on any atom is 0.156 e. The number of aromatic amines is 1. The van der Waals surface area contributed by atoms with Gasteiger partial charge in [0.2, 0.25) is 0 Å². The second-order valence-corrected chi connectivity index (χ2v) is 7.53. The maximum atomic E-state index is 5.50. The fourth-order valence-corrected chi connectivity index (χ4v) is 3.89. The first-order valence-electron chi connectivity index (χ1n) is 9.68. The molecule has 2 aliphatic heterocycles. The number of nitrogens with zero attached hydrogens (tertiary/aromatic N) is 3. The minimum Gasteiger partial charge on any atom is -0.381 e. The molecule has 0 aromatic carbocycles. The number of pyridine rings is 1. The number of aromatic nitrogens is 3. The Morgan fingerprint density at radius 1 is 1.27 bits per heavy atom. The van der Waals surface area contributed by atoms with Crippen molar-refractivity contribution in [2.24, 2.45) is 5.92 Å². The van der Waals surface area contributed by atoms with Crippen LogP contribution in [0.2, 0.25) is 0 Å². The molecule has 2 aromatic rings. The van der Waals surface area contributed by atoms with E-state index in [0.717, 1.165) is 61.5 Å². The Kier molecular flexibility index (Phi) is 5.18. The van der Waals surface area contributed by atoms with Crippen molar-refractivity contribution in [2.75, 3.05) is 32.8 Å². The summed E-state index contributed by atoms with van der Waals surface area (Å²) in [5.74, 6) is 1.64. The van der Waals surface area contributed by atoms with Crippen molar-refractivity contribution in [3.8, 4) is 11.5 Å². The molecule has 4 heterocycles. The molecule has 0 amide bonds. The van der Waals surface area contributed by atoms with Gasteiger partial charge in [-0.15, -0.1) is 0 Å². The van der Waals surface area contributed by atoms with E-state index >= 15 is 0 Å². The van der Waals surface area contributed by atoms with Gasteiger partial charge in [0.25, 0.3) is 0 Å². The molecule has 1 fully saturated rings. The van der Waals surface area contributed by atoms with Crippen molar-refractivity contribution in [3.63, 3.8) is 0 Å². The highest BCUT2D eigenvalue weighted by atomic mass is 16.5. The van der Waals surface area contributed by atoms with Crippen molar-refractivity contribution in [1.29, 1.82) is 0 Å². The molecular formula is C21H28N4O. The fraction of sp³-hybridized carbons (Fsp3) is 0.524. The van der Waals surface area contributed by atoms with E-state index in [1.54, 1.807) is 0 Å². The van der Waals surface area contributed by atoms with Crippen LogP contribution in [0, 0.1) is 19.8 Å². The zero-order chi connectivity index (χ0) is 17.9. The number of hydrogen-bond donors (Lipinski definition) is 1. The topological polar surface area (TPSA) is 54.0 Å². The molecule has 0 aliphatic carbocycles. The number of H-pyrrole nitrogens is 1. The largest absolute Gasteiger partial charge is 0.381 e. The second-order valence-electron chi connectivity index (χ2n) is 7.53. The van der Waals surface area contributed by atoms with Crippen LogP contribution in [0.4, 0.5) is 0 Å². The lowest BCUT2D eigenvalue weighted by molar-refractivity contribution is 0.0541. The van der Waals surface area contributed by atoms with Crippen LogP contribution in [0.15, 0.2) is 24.4 Å². The van der Waals surface area contributed by atoms with Crippen molar-refractivity contribution >= 4 is 5.57 Å². The summed E-state index contributed by atoms with van der Waals surface area (Å²) in [6, 6.07) is 4.29. The standard InChI is InChI=1S/C21H28N4O/c1-15-16(2)24-21(23-15)20-12-18(5-8-22-20)19-4-3-9-25(14-19)13-17-6-10-26-11-7-17/h4-5,8,12,17H,3,6-7,9-11,13-14H2,1-2H3,(H,23,24). The Hall–Kier alpha value is -1.98. The predicted molar refractivity (Wildman–Crippen MR) is 104 cm³/mol. The average molecular weight is 352 g/mol. The first-order valence-corrected chi connectivity index (χ1v) is 9.68. The Morgan fingerprint density at radius 3 is 2.88 bits per heavy atom. The average Bonchev–Trinajstić information content (AvgIpc) is 3.02. The van der Waals surface area contributed by atoms with E-state index in [-0.39, 0.29) is 0 Å². The van der Waals surface area contributed by atoms with Crippen molar-refractivity contribution in [3.05, 3.63) is 41.4 Å². The van der Waals surface area contributed by atoms with Gasteiger partial charge in [0.15, 0.2) is 5.82 Å². The molecule has 0 saturated carbocycles. The highest BCUT2D eigenvalue weighted by molar-refractivity contribution is 5.70. The summed E-state index contributed by atoms with van der Waals surface area (Å²) in [4.78, 5) is 15.1. The van der Waals surface area contributed by atoms with Crippen LogP contribution >= 0.6 is 0 Å². The molecule has 0 spiro atoms. The van der Waals surface area contributed by atoms with Gasteiger partial charge in [-0.3, -0.25) is 9.88 Å². The van der Waals surface area contributed by atoms with Crippen molar-refractivity contribution < 1.29 is 4.74 Å². The summed E-state index contributed by atoms with van der Waals surface area (Å²) in [6.07, 6.45) is 7.81. The van der Waals surface area contributed by atoms with E-state index < -0.39 is 0 Å². The molecule has 0 radical (unpaired) electrons. The molecule has 26 heavy (non-hydrogen) atoms. The quantitative estimate of drug-likeness (QED) is 0.913. The number of hydrogen-bond acceptors (Lipinski definition) is 4. The molecule has 1 N–H and O–H groups in total. The molecule has 2 aromatic heterocycles. The SMILES string of the molecule is Cc1nc(-c2cc(C3=CCCN(CC4CCOCC4)C3)ccn2)[nH]c1C. The summed E-state index contributed by atoms with van der Waals surface area (Å²) in [5.41, 5.74) is 5.73. The Morgan fingerprint density at radius 2 is 2.12 bits per heavy atom. The predicted octanol–water partition coefficient (Wildman–Crippen LogP) is 3.60. The monoisotopic (exact) mass is 352 g/mol. The van der Waals surface area contributed by atoms with Gasteiger partial charge in [-0.25, -0.2) is 4.98 Å². The summed E-state index contributed by atoms with van der Waals surface area (Å²) in [6.45, 7) is 9.31. The smallest absolute Gasteiger partial charge is 0.156 e. The maximum absolute atomic E-state index is 5.50. The van der Waals surface area contributed by atoms with Crippen molar-refractivity contribution in [2.45, 2.75) is 33.1 Å². The summed E-state index contributed by atoms with van der Waals surface area (Å²) in [7, 11) is 0. The highest BCUT2D eigenvalue weighted by Gasteiger charge is 2.21. The van der Waals surface area contributed by atoms with E-state index in [1.165, 1.54) is 30.5 Å². The van der Waals surface area contributed by atoms with Crippen LogP contribution in [-0.2, 0) is 4.74 Å². The van der Waals surface area contributed by atoms with Crippen LogP contribution in [0.5, 0.6) is 0 Å². The fourth-order valence-electron chi connectivity index (χ4n) is 3.89. The first-order chi connectivity index (χ1) is 12.7. The molecule has 4 rings (SSSR count). The number of nitrogens with one attached hydrogen (secondary N) is 1. The van der Waals surface area contributed by atoms with E-state index in [0.29, 0.717) is 0 Å². The molecule has 5 nitrogen and oxygen atoms in total. The summed E-state index contributed by atoms with van der Waals surface area (Å²) >= 11 is 0. The minimum atomic E-state index is 0.783. The zero-order valence-corrected chi connectivity index (χ0v) is 15.8. The third-order valence-corrected chi connectivity index (χ3v) is 5.59. The summed E-state index contributed by atoms with van der Waals surface area (Å²) < 4.78 is 5.50. The molecule has 0 bridgehead atoms. The van der Waals surface area contributed by atoms with Gasteiger partial charge in [-0.2, -0.15) is 0 Å². The Balaban J connectivity index is 1.48. The first kappa shape index (κ1) is 17.4. The second kappa shape index (κ2) is 7.72. The lowest BCUT2D eigenvalue weighted by atomic mass is 9.96. The molecule has 0 unspecified atom stereocenters. The third-order valence-electron chi connectivity index (χ3n) is 5.59. The zero-order valence-electron chi connectivity index (χ0n) is 15.8.